The molecule has 0 aliphatic carbocycles. The minimum atomic E-state index is -0.441. The molecule has 5 rings (SSSR count). The molecule has 2 amide bonds. The molecule has 0 bridgehead atoms. The molecule has 1 unspecified atom stereocenters. The molecule has 1 atom stereocenters. The number of allylic oxidation sites excluding steroid dienone is 1. The predicted molar refractivity (Wildman–Crippen MR) is 170 cm³/mol. The molecule has 2 aromatic rings. The van der Waals surface area contributed by atoms with Crippen LogP contribution in [0.2, 0.25) is 0 Å². The Bertz CT molecular complexity index is 1380. The van der Waals surface area contributed by atoms with Crippen molar-refractivity contribution in [1.29, 1.82) is 0 Å². The first-order chi connectivity index (χ1) is 21.0. The van der Waals surface area contributed by atoms with E-state index in [1.54, 1.807) is 0 Å². The van der Waals surface area contributed by atoms with Gasteiger partial charge in [0.25, 0.3) is 5.91 Å². The van der Waals surface area contributed by atoms with Crippen LogP contribution in [0.15, 0.2) is 82.0 Å². The minimum absolute atomic E-state index is 0.0443. The van der Waals surface area contributed by atoms with Crippen molar-refractivity contribution in [3.63, 3.8) is 0 Å². The Balaban J connectivity index is 1.39. The molecule has 0 radical (unpaired) electrons. The van der Waals surface area contributed by atoms with Crippen molar-refractivity contribution in [2.45, 2.75) is 39.8 Å². The van der Waals surface area contributed by atoms with Gasteiger partial charge in [-0.2, -0.15) is 0 Å². The smallest absolute Gasteiger partial charge is 0.254 e. The number of morpholine rings is 1. The highest BCUT2D eigenvalue weighted by Crippen LogP contribution is 2.45. The fraction of sp³-hybridized carbons (Fsp3) is 0.424. The average Bonchev–Trinajstić information content (AvgIpc) is 3.42. The molecule has 1 saturated heterocycles. The Morgan fingerprint density at radius 2 is 1.86 bits per heavy atom. The van der Waals surface area contributed by atoms with Gasteiger partial charge in [-0.25, -0.2) is 4.99 Å². The molecule has 2 aromatic carbocycles. The number of amidine groups is 1. The van der Waals surface area contributed by atoms with Crippen LogP contribution >= 0.6 is 11.8 Å². The third-order valence-electron chi connectivity index (χ3n) is 7.90. The Labute approximate surface area is 258 Å². The summed E-state index contributed by atoms with van der Waals surface area (Å²) in [5.74, 6) is 0.621. The lowest BCUT2D eigenvalue weighted by Crippen LogP contribution is -2.43. The van der Waals surface area contributed by atoms with Crippen molar-refractivity contribution in [3.8, 4) is 5.75 Å². The summed E-state index contributed by atoms with van der Waals surface area (Å²) in [5, 5.41) is 5.84. The van der Waals surface area contributed by atoms with E-state index in [2.05, 4.69) is 15.1 Å². The number of nitrogens with zero attached hydrogens (tertiary/aromatic N) is 4. The van der Waals surface area contributed by atoms with Crippen molar-refractivity contribution in [2.75, 3.05) is 52.5 Å². The van der Waals surface area contributed by atoms with Crippen LogP contribution in [0, 0.1) is 0 Å². The van der Waals surface area contributed by atoms with Crippen LogP contribution in [-0.2, 0) is 20.9 Å². The fourth-order valence-corrected chi connectivity index (χ4v) is 6.52. The summed E-state index contributed by atoms with van der Waals surface area (Å²) in [7, 11) is 0. The maximum atomic E-state index is 14.0. The molecule has 3 heterocycles. The summed E-state index contributed by atoms with van der Waals surface area (Å²) in [6, 6.07) is 17.5. The quantitative estimate of drug-likeness (QED) is 0.381. The second-order valence-corrected chi connectivity index (χ2v) is 11.5. The molecule has 0 spiro atoms. The average molecular weight is 604 g/mol. The first-order valence-electron chi connectivity index (χ1n) is 15.1. The normalized spacial score (nSPS) is 18.6. The summed E-state index contributed by atoms with van der Waals surface area (Å²) >= 11 is 1.49. The maximum absolute atomic E-state index is 14.0. The third-order valence-corrected chi connectivity index (χ3v) is 8.79. The summed E-state index contributed by atoms with van der Waals surface area (Å²) in [6.45, 7) is 12.1. The van der Waals surface area contributed by atoms with E-state index in [9.17, 15) is 9.59 Å². The summed E-state index contributed by atoms with van der Waals surface area (Å²) in [6.07, 6.45) is 0.196. The van der Waals surface area contributed by atoms with Gasteiger partial charge in [-0.3, -0.25) is 14.5 Å². The van der Waals surface area contributed by atoms with Crippen LogP contribution in [0.1, 0.15) is 44.4 Å². The van der Waals surface area contributed by atoms with Crippen LogP contribution in [-0.4, -0.2) is 84.2 Å². The van der Waals surface area contributed by atoms with Crippen molar-refractivity contribution in [3.05, 3.63) is 88.1 Å². The van der Waals surface area contributed by atoms with Gasteiger partial charge in [0.1, 0.15) is 12.4 Å². The molecular formula is C33H41N5O4S. The lowest BCUT2D eigenvalue weighted by Gasteiger charge is -2.38. The SMILES string of the molecule is CCN(CC)C(=O)C1=C(C)N=C2SC=C(CC(=O)NCCN3CCOCC3)N2C1c1cccc(OCc2ccccc2)c1. The maximum Gasteiger partial charge on any atom is 0.254 e. The summed E-state index contributed by atoms with van der Waals surface area (Å²) < 4.78 is 11.6. The standard InChI is InChI=1S/C33H41N5O4S/c1-4-37(5-2)32(40)30-24(3)35-33-38(27(23-43-33)21-29(39)34-14-15-36-16-18-41-19-17-36)31(30)26-12-9-13-28(20-26)42-22-25-10-7-6-8-11-25/h6-13,20,23,31H,4-5,14-19,21-22H2,1-3H3,(H,34,39). The van der Waals surface area contributed by atoms with Gasteiger partial charge in [0.15, 0.2) is 5.17 Å². The molecule has 1 fully saturated rings. The number of hydrogen-bond acceptors (Lipinski definition) is 8. The number of carbonyl (C=O) groups excluding carboxylic acids is 2. The zero-order valence-corrected chi connectivity index (χ0v) is 26.1. The minimum Gasteiger partial charge on any atom is -0.489 e. The van der Waals surface area contributed by atoms with E-state index in [-0.39, 0.29) is 18.2 Å². The van der Waals surface area contributed by atoms with Gasteiger partial charge < -0.3 is 24.6 Å². The van der Waals surface area contributed by atoms with Crippen molar-refractivity contribution < 1.29 is 19.1 Å². The Hall–Kier alpha value is -3.60. The number of nitrogens with one attached hydrogen (secondary N) is 1. The van der Waals surface area contributed by atoms with E-state index in [1.807, 2.05) is 85.7 Å². The van der Waals surface area contributed by atoms with Crippen LogP contribution in [0.5, 0.6) is 5.75 Å². The van der Waals surface area contributed by atoms with Gasteiger partial charge in [-0.15, -0.1) is 0 Å². The van der Waals surface area contributed by atoms with Gasteiger partial charge in [0.05, 0.1) is 36.9 Å². The van der Waals surface area contributed by atoms with Crippen LogP contribution in [0.4, 0.5) is 0 Å². The zero-order chi connectivity index (χ0) is 30.2. The molecule has 0 saturated carbocycles. The van der Waals surface area contributed by atoms with E-state index in [0.29, 0.717) is 37.5 Å². The topological polar surface area (TPSA) is 86.7 Å². The molecule has 9 nitrogen and oxygen atoms in total. The second kappa shape index (κ2) is 14.7. The van der Waals surface area contributed by atoms with Crippen LogP contribution < -0.4 is 10.1 Å². The van der Waals surface area contributed by atoms with Gasteiger partial charge in [0, 0.05) is 45.0 Å². The zero-order valence-electron chi connectivity index (χ0n) is 25.3. The van der Waals surface area contributed by atoms with Crippen molar-refractivity contribution >= 4 is 28.7 Å². The van der Waals surface area contributed by atoms with E-state index >= 15 is 0 Å². The van der Waals surface area contributed by atoms with Gasteiger partial charge in [-0.05, 0) is 49.4 Å². The van der Waals surface area contributed by atoms with E-state index in [1.165, 1.54) is 11.8 Å². The second-order valence-electron chi connectivity index (χ2n) is 10.7. The number of amides is 2. The van der Waals surface area contributed by atoms with Crippen LogP contribution in [0.3, 0.4) is 0 Å². The van der Waals surface area contributed by atoms with Crippen molar-refractivity contribution in [1.82, 2.24) is 20.0 Å². The summed E-state index contributed by atoms with van der Waals surface area (Å²) in [4.78, 5) is 38.2. The van der Waals surface area contributed by atoms with Gasteiger partial charge in [0.2, 0.25) is 5.91 Å². The third kappa shape index (κ3) is 7.49. The molecule has 0 aromatic heterocycles. The fourth-order valence-electron chi connectivity index (χ4n) is 5.56. The van der Waals surface area contributed by atoms with E-state index in [0.717, 1.165) is 60.6 Å². The molecule has 3 aliphatic heterocycles. The number of carbonyl (C=O) groups is 2. The Morgan fingerprint density at radius 1 is 1.09 bits per heavy atom. The Morgan fingerprint density at radius 3 is 2.60 bits per heavy atom. The number of rotatable bonds is 12. The number of hydrogen-bond donors (Lipinski definition) is 1. The monoisotopic (exact) mass is 603 g/mol. The molecular weight excluding hydrogens is 562 g/mol. The van der Waals surface area contributed by atoms with Gasteiger partial charge in [-0.1, -0.05) is 54.2 Å². The number of likely N-dealkylation sites (N-methyl/N-ethyl adjacent to an activating group) is 1. The number of ether oxygens (including phenoxy) is 2. The van der Waals surface area contributed by atoms with E-state index < -0.39 is 6.04 Å². The predicted octanol–water partition coefficient (Wildman–Crippen LogP) is 4.55. The number of aliphatic imine (C=N–C) groups is 1. The van der Waals surface area contributed by atoms with Gasteiger partial charge >= 0.3 is 0 Å². The highest BCUT2D eigenvalue weighted by atomic mass is 32.2. The highest BCUT2D eigenvalue weighted by Gasteiger charge is 2.41. The first-order valence-corrected chi connectivity index (χ1v) is 15.9. The molecule has 1 N–H and O–H groups in total. The number of benzene rings is 2. The first kappa shape index (κ1) is 30.8. The number of thioether (sulfide) groups is 1. The Kier molecular flexibility index (Phi) is 10.6. The summed E-state index contributed by atoms with van der Waals surface area (Å²) in [5.41, 5.74) is 4.13. The lowest BCUT2D eigenvalue weighted by molar-refractivity contribution is -0.127. The number of fused-ring (bicyclic) bond motifs is 1. The van der Waals surface area contributed by atoms with Crippen LogP contribution in [0.25, 0.3) is 0 Å². The largest absolute Gasteiger partial charge is 0.489 e. The molecule has 3 aliphatic rings. The molecule has 10 heteroatoms. The van der Waals surface area contributed by atoms with Crippen molar-refractivity contribution in [2.24, 2.45) is 4.99 Å². The van der Waals surface area contributed by atoms with E-state index in [4.69, 9.17) is 14.5 Å². The molecule has 228 valence electrons. The highest BCUT2D eigenvalue weighted by molar-refractivity contribution is 8.16. The molecule has 43 heavy (non-hydrogen) atoms. The lowest BCUT2D eigenvalue weighted by atomic mass is 9.92.